The molecule has 10 heteroatoms. The molecule has 1 aliphatic rings. The lowest BCUT2D eigenvalue weighted by Gasteiger charge is -2.35. The first-order valence-electron chi connectivity index (χ1n) is 10.1. The molecule has 1 saturated heterocycles. The van der Waals surface area contributed by atoms with Crippen molar-refractivity contribution in [2.24, 2.45) is 0 Å². The zero-order valence-corrected chi connectivity index (χ0v) is 19.7. The van der Waals surface area contributed by atoms with E-state index in [4.69, 9.17) is 23.2 Å². The lowest BCUT2D eigenvalue weighted by Crippen LogP contribution is -2.48. The monoisotopic (exact) mass is 507 g/mol. The molecule has 1 aliphatic heterocycles. The van der Waals surface area contributed by atoms with Crippen LogP contribution in [0, 0.1) is 5.82 Å². The number of para-hydroxylation sites is 1. The number of amides is 1. The number of sulfonamides is 1. The Morgan fingerprint density at radius 3 is 2.24 bits per heavy atom. The molecule has 0 saturated carbocycles. The maximum absolute atomic E-state index is 14.7. The maximum Gasteiger partial charge on any atom is 0.257 e. The van der Waals surface area contributed by atoms with Gasteiger partial charge in [-0.15, -0.1) is 0 Å². The largest absolute Gasteiger partial charge is 0.369 e. The van der Waals surface area contributed by atoms with E-state index in [-0.39, 0.29) is 34.3 Å². The van der Waals surface area contributed by atoms with E-state index >= 15 is 0 Å². The van der Waals surface area contributed by atoms with Gasteiger partial charge in [0.15, 0.2) is 0 Å². The summed E-state index contributed by atoms with van der Waals surface area (Å²) in [5.74, 6) is -1.50. The Morgan fingerprint density at radius 2 is 1.61 bits per heavy atom. The van der Waals surface area contributed by atoms with Crippen molar-refractivity contribution in [2.75, 3.05) is 36.4 Å². The number of anilines is 2. The van der Waals surface area contributed by atoms with Crippen LogP contribution in [0.15, 0.2) is 71.6 Å². The molecule has 1 heterocycles. The number of piperazine rings is 1. The first-order valence-corrected chi connectivity index (χ1v) is 12.3. The third-order valence-corrected chi connectivity index (χ3v) is 7.80. The molecule has 1 fully saturated rings. The summed E-state index contributed by atoms with van der Waals surface area (Å²) in [6.07, 6.45) is 0. The predicted octanol–water partition coefficient (Wildman–Crippen LogP) is 4.90. The number of rotatable bonds is 5. The van der Waals surface area contributed by atoms with Crippen molar-refractivity contribution in [1.29, 1.82) is 0 Å². The first kappa shape index (κ1) is 23.5. The fraction of sp³-hybridized carbons (Fsp3) is 0.174. The molecular weight excluding hydrogens is 488 g/mol. The Hall–Kier alpha value is -2.65. The second-order valence-electron chi connectivity index (χ2n) is 7.45. The molecule has 0 aliphatic carbocycles. The number of carbonyl (C=O) groups is 1. The van der Waals surface area contributed by atoms with Gasteiger partial charge in [-0.25, -0.2) is 12.8 Å². The normalized spacial score (nSPS) is 14.8. The molecule has 0 aromatic heterocycles. The number of hydrogen-bond acceptors (Lipinski definition) is 4. The van der Waals surface area contributed by atoms with Gasteiger partial charge in [-0.2, -0.15) is 4.31 Å². The molecule has 3 aromatic carbocycles. The Labute approximate surface area is 201 Å². The van der Waals surface area contributed by atoms with Crippen LogP contribution in [0.4, 0.5) is 15.8 Å². The molecule has 1 N–H and O–H groups in total. The van der Waals surface area contributed by atoms with E-state index in [2.05, 4.69) is 10.2 Å². The van der Waals surface area contributed by atoms with Crippen molar-refractivity contribution in [3.05, 3.63) is 88.2 Å². The van der Waals surface area contributed by atoms with Gasteiger partial charge in [-0.05, 0) is 48.5 Å². The van der Waals surface area contributed by atoms with Crippen LogP contribution in [0.5, 0.6) is 0 Å². The second-order valence-corrected chi connectivity index (χ2v) is 10.2. The van der Waals surface area contributed by atoms with Gasteiger partial charge in [0, 0.05) is 36.9 Å². The minimum Gasteiger partial charge on any atom is -0.369 e. The van der Waals surface area contributed by atoms with E-state index in [1.54, 1.807) is 0 Å². The van der Waals surface area contributed by atoms with E-state index in [1.807, 2.05) is 30.3 Å². The summed E-state index contributed by atoms with van der Waals surface area (Å²) in [5.41, 5.74) is 0.994. The highest BCUT2D eigenvalue weighted by Gasteiger charge is 2.29. The van der Waals surface area contributed by atoms with Crippen LogP contribution in [0.1, 0.15) is 10.4 Å². The van der Waals surface area contributed by atoms with Crippen molar-refractivity contribution in [2.45, 2.75) is 4.90 Å². The predicted molar refractivity (Wildman–Crippen MR) is 128 cm³/mol. The summed E-state index contributed by atoms with van der Waals surface area (Å²) in [6, 6.07) is 17.5. The van der Waals surface area contributed by atoms with Gasteiger partial charge >= 0.3 is 0 Å². The van der Waals surface area contributed by atoms with Crippen LogP contribution in [0.3, 0.4) is 0 Å². The maximum atomic E-state index is 14.7. The van der Waals surface area contributed by atoms with Crippen molar-refractivity contribution >= 4 is 50.5 Å². The number of halogens is 3. The van der Waals surface area contributed by atoms with Gasteiger partial charge in [-0.1, -0.05) is 41.4 Å². The first-order chi connectivity index (χ1) is 15.8. The third-order valence-electron chi connectivity index (χ3n) is 5.36. The zero-order chi connectivity index (χ0) is 23.6. The van der Waals surface area contributed by atoms with Crippen LogP contribution < -0.4 is 10.2 Å². The van der Waals surface area contributed by atoms with Crippen molar-refractivity contribution in [3.8, 4) is 0 Å². The van der Waals surface area contributed by atoms with Gasteiger partial charge in [-0.3, -0.25) is 4.79 Å². The minimum atomic E-state index is -3.88. The van der Waals surface area contributed by atoms with Crippen molar-refractivity contribution < 1.29 is 17.6 Å². The molecular formula is C23H20Cl2FN3O3S. The molecule has 3 aromatic rings. The molecule has 4 rings (SSSR count). The van der Waals surface area contributed by atoms with Crippen molar-refractivity contribution in [1.82, 2.24) is 4.31 Å². The van der Waals surface area contributed by atoms with Gasteiger partial charge in [0.1, 0.15) is 5.82 Å². The number of nitrogens with one attached hydrogen (secondary N) is 1. The number of hydrogen-bond donors (Lipinski definition) is 1. The van der Waals surface area contributed by atoms with E-state index < -0.39 is 21.7 Å². The Morgan fingerprint density at radius 1 is 0.909 bits per heavy atom. The summed E-state index contributed by atoms with van der Waals surface area (Å²) in [7, 11) is -3.88. The topological polar surface area (TPSA) is 69.7 Å². The molecule has 1 amide bonds. The van der Waals surface area contributed by atoms with Crippen LogP contribution in [0.25, 0.3) is 0 Å². The molecule has 0 unspecified atom stereocenters. The highest BCUT2D eigenvalue weighted by Crippen LogP contribution is 2.26. The summed E-state index contributed by atoms with van der Waals surface area (Å²) < 4.78 is 42.1. The summed E-state index contributed by atoms with van der Waals surface area (Å²) in [4.78, 5) is 14.4. The Balaban J connectivity index is 1.46. The lowest BCUT2D eigenvalue weighted by molar-refractivity contribution is 0.102. The molecule has 0 spiro atoms. The standard InChI is InChI=1S/C23H20Cl2FN3O3S/c24-16-6-8-19(20(25)14-16)23(30)27-22-9-7-18(15-21(22)26)33(31,32)29-12-10-28(11-13-29)17-4-2-1-3-5-17/h1-9,14-15H,10-13H2,(H,27,30). The number of benzene rings is 3. The SMILES string of the molecule is O=C(Nc1ccc(S(=O)(=O)N2CCN(c3ccccc3)CC2)cc1F)c1ccc(Cl)cc1Cl. The van der Waals surface area contributed by atoms with Gasteiger partial charge < -0.3 is 10.2 Å². The van der Waals surface area contributed by atoms with E-state index in [1.165, 1.54) is 34.6 Å². The van der Waals surface area contributed by atoms with E-state index in [9.17, 15) is 17.6 Å². The number of nitrogens with zero attached hydrogens (tertiary/aromatic N) is 2. The smallest absolute Gasteiger partial charge is 0.257 e. The molecule has 33 heavy (non-hydrogen) atoms. The fourth-order valence-corrected chi connectivity index (χ4v) is 5.52. The quantitative estimate of drug-likeness (QED) is 0.533. The molecule has 0 bridgehead atoms. The molecule has 0 atom stereocenters. The summed E-state index contributed by atoms with van der Waals surface area (Å²) in [5, 5.41) is 2.89. The molecule has 172 valence electrons. The summed E-state index contributed by atoms with van der Waals surface area (Å²) in [6.45, 7) is 1.63. The number of carbonyl (C=O) groups excluding carboxylic acids is 1. The highest BCUT2D eigenvalue weighted by molar-refractivity contribution is 7.89. The minimum absolute atomic E-state index is 0.119. The Kier molecular flexibility index (Phi) is 6.90. The average molecular weight is 508 g/mol. The fourth-order valence-electron chi connectivity index (χ4n) is 3.60. The van der Waals surface area contributed by atoms with E-state index in [0.29, 0.717) is 18.1 Å². The van der Waals surface area contributed by atoms with Crippen LogP contribution in [0.2, 0.25) is 10.0 Å². The van der Waals surface area contributed by atoms with Crippen LogP contribution in [-0.2, 0) is 10.0 Å². The average Bonchev–Trinajstić information content (AvgIpc) is 2.81. The second kappa shape index (κ2) is 9.69. The lowest BCUT2D eigenvalue weighted by atomic mass is 10.2. The zero-order valence-electron chi connectivity index (χ0n) is 17.3. The molecule has 6 nitrogen and oxygen atoms in total. The van der Waals surface area contributed by atoms with Gasteiger partial charge in [0.05, 0.1) is 21.2 Å². The third kappa shape index (κ3) is 5.14. The van der Waals surface area contributed by atoms with Gasteiger partial charge in [0.2, 0.25) is 10.0 Å². The summed E-state index contributed by atoms with van der Waals surface area (Å²) >= 11 is 11.9. The Bertz CT molecular complexity index is 1280. The van der Waals surface area contributed by atoms with E-state index in [0.717, 1.165) is 11.8 Å². The van der Waals surface area contributed by atoms with Gasteiger partial charge in [0.25, 0.3) is 5.91 Å². The van der Waals surface area contributed by atoms with Crippen molar-refractivity contribution in [3.63, 3.8) is 0 Å². The van der Waals surface area contributed by atoms with Crippen LogP contribution in [-0.4, -0.2) is 44.8 Å². The van der Waals surface area contributed by atoms with Crippen LogP contribution >= 0.6 is 23.2 Å². The molecule has 0 radical (unpaired) electrons. The highest BCUT2D eigenvalue weighted by atomic mass is 35.5.